The Hall–Kier alpha value is -0.380. The van der Waals surface area contributed by atoms with Crippen LogP contribution in [-0.2, 0) is 14.2 Å². The van der Waals surface area contributed by atoms with Crippen molar-refractivity contribution < 1.29 is 14.2 Å². The fourth-order valence-corrected chi connectivity index (χ4v) is 2.53. The lowest BCUT2D eigenvalue weighted by Crippen LogP contribution is -2.58. The van der Waals surface area contributed by atoms with Gasteiger partial charge >= 0.3 is 0 Å². The summed E-state index contributed by atoms with van der Waals surface area (Å²) in [6.45, 7) is 10.9. The molecule has 2 saturated heterocycles. The number of methoxy groups -OCH3 is 1. The maximum absolute atomic E-state index is 5.92. The predicted octanol–water partition coefficient (Wildman–Crippen LogP) is 1.91. The zero-order valence-corrected chi connectivity index (χ0v) is 10.0. The molecular formula is C12H20O3. The zero-order valence-electron chi connectivity index (χ0n) is 10.0. The van der Waals surface area contributed by atoms with Gasteiger partial charge in [-0.15, -0.1) is 0 Å². The summed E-state index contributed by atoms with van der Waals surface area (Å²) in [4.78, 5) is 0. The van der Waals surface area contributed by atoms with Gasteiger partial charge in [0.05, 0.1) is 18.8 Å². The second-order valence-corrected chi connectivity index (χ2v) is 4.93. The molecule has 2 fully saturated rings. The summed E-state index contributed by atoms with van der Waals surface area (Å²) in [5.74, 6) is 0. The van der Waals surface area contributed by atoms with Crippen molar-refractivity contribution in [2.45, 2.75) is 50.6 Å². The average molecular weight is 212 g/mol. The van der Waals surface area contributed by atoms with E-state index < -0.39 is 0 Å². The highest BCUT2D eigenvalue weighted by atomic mass is 16.7. The minimum absolute atomic E-state index is 0.0675. The van der Waals surface area contributed by atoms with Crippen LogP contribution in [0.15, 0.2) is 12.2 Å². The van der Waals surface area contributed by atoms with Gasteiger partial charge in [-0.2, -0.15) is 0 Å². The van der Waals surface area contributed by atoms with E-state index in [0.717, 1.165) is 18.6 Å². The maximum atomic E-state index is 5.92. The lowest BCUT2D eigenvalue weighted by molar-refractivity contribution is -0.186. The molecule has 0 aromatic carbocycles. The highest BCUT2D eigenvalue weighted by Crippen LogP contribution is 2.51. The van der Waals surface area contributed by atoms with E-state index in [1.165, 1.54) is 0 Å². The van der Waals surface area contributed by atoms with Gasteiger partial charge in [0.15, 0.2) is 0 Å². The summed E-state index contributed by atoms with van der Waals surface area (Å²) >= 11 is 0. The fraction of sp³-hybridized carbons (Fsp3) is 0.833. The van der Waals surface area contributed by atoms with Crippen LogP contribution < -0.4 is 0 Å². The summed E-state index contributed by atoms with van der Waals surface area (Å²) in [6.07, 6.45) is 0.973. The van der Waals surface area contributed by atoms with Crippen molar-refractivity contribution in [1.29, 1.82) is 0 Å². The molecule has 0 aromatic rings. The van der Waals surface area contributed by atoms with Gasteiger partial charge in [-0.05, 0) is 20.8 Å². The molecule has 0 bridgehead atoms. The van der Waals surface area contributed by atoms with Crippen LogP contribution in [0.1, 0.15) is 27.2 Å². The van der Waals surface area contributed by atoms with Gasteiger partial charge in [-0.1, -0.05) is 12.2 Å². The Morgan fingerprint density at radius 3 is 2.53 bits per heavy atom. The summed E-state index contributed by atoms with van der Waals surface area (Å²) < 4.78 is 17.2. The van der Waals surface area contributed by atoms with Crippen LogP contribution in [0.2, 0.25) is 0 Å². The van der Waals surface area contributed by atoms with E-state index in [1.807, 2.05) is 6.92 Å². The van der Waals surface area contributed by atoms with Crippen molar-refractivity contribution in [2.75, 3.05) is 13.7 Å². The molecule has 3 heteroatoms. The van der Waals surface area contributed by atoms with Crippen molar-refractivity contribution in [1.82, 2.24) is 0 Å². The van der Waals surface area contributed by atoms with E-state index in [9.17, 15) is 0 Å². The average Bonchev–Trinajstić information content (AvgIpc) is 2.95. The largest absolute Gasteiger partial charge is 0.375 e. The number of epoxide rings is 1. The first-order valence-corrected chi connectivity index (χ1v) is 5.45. The Kier molecular flexibility index (Phi) is 2.45. The Labute approximate surface area is 91.4 Å². The molecule has 0 saturated carbocycles. The first kappa shape index (κ1) is 11.1. The van der Waals surface area contributed by atoms with Crippen LogP contribution >= 0.6 is 0 Å². The minimum atomic E-state index is -0.256. The van der Waals surface area contributed by atoms with E-state index in [-0.39, 0.29) is 23.4 Å². The van der Waals surface area contributed by atoms with Crippen LogP contribution in [0.3, 0.4) is 0 Å². The van der Waals surface area contributed by atoms with Gasteiger partial charge in [0, 0.05) is 13.5 Å². The van der Waals surface area contributed by atoms with Gasteiger partial charge in [-0.25, -0.2) is 0 Å². The van der Waals surface area contributed by atoms with Crippen molar-refractivity contribution in [2.24, 2.45) is 0 Å². The molecule has 0 N–H and O–H groups in total. The SMILES string of the molecule is C=C(C)[C@H]1CC(C)(OC)[C@]2(CO2)[C@H](C)O1. The molecule has 0 aromatic heterocycles. The van der Waals surface area contributed by atoms with Crippen LogP contribution in [0.25, 0.3) is 0 Å². The smallest absolute Gasteiger partial charge is 0.146 e. The standard InChI is InChI=1S/C12H20O3/c1-8(2)10-6-11(4,13-5)12(7-14-12)9(3)15-10/h9-10H,1,6-7H2,2-5H3/t9-,10+,11?,12-/m0/s1. The Morgan fingerprint density at radius 2 is 2.13 bits per heavy atom. The molecule has 1 spiro atoms. The third-order valence-corrected chi connectivity index (χ3v) is 3.95. The number of hydrogen-bond donors (Lipinski definition) is 0. The molecule has 0 radical (unpaired) electrons. The topological polar surface area (TPSA) is 31.0 Å². The minimum Gasteiger partial charge on any atom is -0.375 e. The molecule has 1 unspecified atom stereocenters. The Morgan fingerprint density at radius 1 is 1.53 bits per heavy atom. The normalized spacial score (nSPS) is 49.3. The first-order chi connectivity index (χ1) is 6.95. The van der Waals surface area contributed by atoms with E-state index in [2.05, 4.69) is 20.4 Å². The van der Waals surface area contributed by atoms with Gasteiger partial charge in [0.2, 0.25) is 0 Å². The summed E-state index contributed by atoms with van der Waals surface area (Å²) in [5, 5.41) is 0. The van der Waals surface area contributed by atoms with Crippen LogP contribution in [0.5, 0.6) is 0 Å². The van der Waals surface area contributed by atoms with Crippen LogP contribution in [0.4, 0.5) is 0 Å². The van der Waals surface area contributed by atoms with Gasteiger partial charge < -0.3 is 14.2 Å². The third kappa shape index (κ3) is 1.45. The first-order valence-electron chi connectivity index (χ1n) is 5.45. The quantitative estimate of drug-likeness (QED) is 0.517. The summed E-state index contributed by atoms with van der Waals surface area (Å²) in [5.41, 5.74) is 0.572. The van der Waals surface area contributed by atoms with Crippen molar-refractivity contribution in [3.05, 3.63) is 12.2 Å². The Balaban J connectivity index is 2.23. The molecule has 2 aliphatic heterocycles. The molecule has 2 rings (SSSR count). The van der Waals surface area contributed by atoms with Crippen molar-refractivity contribution in [3.63, 3.8) is 0 Å². The molecule has 3 nitrogen and oxygen atoms in total. The fourth-order valence-electron chi connectivity index (χ4n) is 2.53. The predicted molar refractivity (Wildman–Crippen MR) is 57.9 cm³/mol. The highest BCUT2D eigenvalue weighted by molar-refractivity contribution is 5.18. The van der Waals surface area contributed by atoms with E-state index in [0.29, 0.717) is 0 Å². The lowest BCUT2D eigenvalue weighted by atomic mass is 9.77. The molecule has 4 atom stereocenters. The number of ether oxygens (including phenoxy) is 3. The molecule has 2 heterocycles. The van der Waals surface area contributed by atoms with Crippen molar-refractivity contribution >= 4 is 0 Å². The van der Waals surface area contributed by atoms with E-state index in [1.54, 1.807) is 7.11 Å². The number of rotatable bonds is 2. The van der Waals surface area contributed by atoms with E-state index in [4.69, 9.17) is 14.2 Å². The zero-order chi connectivity index (χ0) is 11.3. The van der Waals surface area contributed by atoms with Gasteiger partial charge in [-0.3, -0.25) is 0 Å². The molecule has 0 aliphatic carbocycles. The molecular weight excluding hydrogens is 192 g/mol. The Bertz CT molecular complexity index is 283. The van der Waals surface area contributed by atoms with Gasteiger partial charge in [0.1, 0.15) is 11.2 Å². The number of hydrogen-bond acceptors (Lipinski definition) is 3. The monoisotopic (exact) mass is 212 g/mol. The summed E-state index contributed by atoms with van der Waals surface area (Å²) in [7, 11) is 1.75. The van der Waals surface area contributed by atoms with Crippen LogP contribution in [-0.4, -0.2) is 37.1 Å². The molecule has 86 valence electrons. The lowest BCUT2D eigenvalue weighted by Gasteiger charge is -2.45. The van der Waals surface area contributed by atoms with Gasteiger partial charge in [0.25, 0.3) is 0 Å². The maximum Gasteiger partial charge on any atom is 0.146 e. The second-order valence-electron chi connectivity index (χ2n) is 4.93. The third-order valence-electron chi connectivity index (χ3n) is 3.95. The summed E-state index contributed by atoms with van der Waals surface area (Å²) in [6, 6.07) is 0. The molecule has 2 aliphatic rings. The molecule has 0 amide bonds. The highest BCUT2D eigenvalue weighted by Gasteiger charge is 2.66. The van der Waals surface area contributed by atoms with Crippen LogP contribution in [0, 0.1) is 0 Å². The van der Waals surface area contributed by atoms with Crippen molar-refractivity contribution in [3.8, 4) is 0 Å². The molecule has 15 heavy (non-hydrogen) atoms. The van der Waals surface area contributed by atoms with E-state index >= 15 is 0 Å². The second kappa shape index (κ2) is 3.30.